The van der Waals surface area contributed by atoms with Gasteiger partial charge in [-0.2, -0.15) is 0 Å². The monoisotopic (exact) mass is 391 g/mol. The van der Waals surface area contributed by atoms with Crippen LogP contribution in [0.4, 0.5) is 10.7 Å². The largest absolute Gasteiger partial charge is 0.450 e. The van der Waals surface area contributed by atoms with Gasteiger partial charge in [-0.1, -0.05) is 0 Å². The molecular weight excluding hydrogens is 362 g/mol. The van der Waals surface area contributed by atoms with Crippen LogP contribution in [0.1, 0.15) is 48.8 Å². The third-order valence-corrected chi connectivity index (χ3v) is 4.95. The third-order valence-electron chi connectivity index (χ3n) is 4.95. The van der Waals surface area contributed by atoms with E-state index in [1.54, 1.807) is 17.9 Å². The Balaban J connectivity index is 1.52. The molecular formula is C19H29N5O4. The molecule has 0 aliphatic carbocycles. The molecule has 2 N–H and O–H groups in total. The minimum absolute atomic E-state index is 0.0109. The van der Waals surface area contributed by atoms with Crippen molar-refractivity contribution in [2.75, 3.05) is 38.2 Å². The van der Waals surface area contributed by atoms with Crippen molar-refractivity contribution in [3.63, 3.8) is 0 Å². The number of ether oxygens (including phenoxy) is 2. The van der Waals surface area contributed by atoms with E-state index >= 15 is 0 Å². The second-order valence-electron chi connectivity index (χ2n) is 7.17. The van der Waals surface area contributed by atoms with Gasteiger partial charge in [0, 0.05) is 38.0 Å². The Morgan fingerprint density at radius 2 is 2.07 bits per heavy atom. The lowest BCUT2D eigenvalue weighted by Crippen LogP contribution is -2.46. The standard InChI is InChI=1S/C19H29N5O4/c1-3-27-19(26)24-8-6-14(7-9-24)22-17(25)16-11-13(2)21-18(23-16)20-12-15-5-4-10-28-15/h11,14-15H,3-10,12H2,1-2H3,(H,22,25)(H,20,21,23). The zero-order valence-electron chi connectivity index (χ0n) is 16.6. The summed E-state index contributed by atoms with van der Waals surface area (Å²) in [6.07, 6.45) is 3.37. The van der Waals surface area contributed by atoms with Crippen LogP contribution in [-0.4, -0.2) is 71.9 Å². The van der Waals surface area contributed by atoms with Crippen LogP contribution < -0.4 is 10.6 Å². The van der Waals surface area contributed by atoms with Gasteiger partial charge >= 0.3 is 6.09 Å². The topological polar surface area (TPSA) is 106 Å². The fraction of sp³-hybridized carbons (Fsp3) is 0.684. The van der Waals surface area contributed by atoms with Gasteiger partial charge in [-0.15, -0.1) is 0 Å². The molecule has 1 atom stereocenters. The number of nitrogens with one attached hydrogen (secondary N) is 2. The lowest BCUT2D eigenvalue weighted by atomic mass is 10.1. The summed E-state index contributed by atoms with van der Waals surface area (Å²) in [5, 5.41) is 6.19. The van der Waals surface area contributed by atoms with E-state index < -0.39 is 0 Å². The Bertz CT molecular complexity index is 685. The predicted molar refractivity (Wildman–Crippen MR) is 103 cm³/mol. The van der Waals surface area contributed by atoms with E-state index in [0.29, 0.717) is 50.7 Å². The first kappa shape index (κ1) is 20.3. The van der Waals surface area contributed by atoms with E-state index in [4.69, 9.17) is 9.47 Å². The highest BCUT2D eigenvalue weighted by Crippen LogP contribution is 2.14. The Morgan fingerprint density at radius 3 is 2.75 bits per heavy atom. The molecule has 2 amide bonds. The number of aromatic nitrogens is 2. The number of amides is 2. The fourth-order valence-corrected chi connectivity index (χ4v) is 3.45. The molecule has 0 aromatic carbocycles. The molecule has 3 rings (SSSR count). The summed E-state index contributed by atoms with van der Waals surface area (Å²) in [6, 6.07) is 1.69. The van der Waals surface area contributed by atoms with Gasteiger partial charge < -0.3 is 25.0 Å². The molecule has 0 bridgehead atoms. The maximum atomic E-state index is 12.6. The lowest BCUT2D eigenvalue weighted by Gasteiger charge is -2.31. The van der Waals surface area contributed by atoms with Crippen molar-refractivity contribution in [3.05, 3.63) is 17.5 Å². The average Bonchev–Trinajstić information content (AvgIpc) is 3.20. The number of piperidine rings is 1. The summed E-state index contributed by atoms with van der Waals surface area (Å²) in [7, 11) is 0. The minimum atomic E-state index is -0.291. The van der Waals surface area contributed by atoms with Crippen molar-refractivity contribution < 1.29 is 19.1 Å². The number of aryl methyl sites for hydroxylation is 1. The van der Waals surface area contributed by atoms with E-state index in [1.807, 2.05) is 6.92 Å². The van der Waals surface area contributed by atoms with Crippen LogP contribution in [0.25, 0.3) is 0 Å². The van der Waals surface area contributed by atoms with E-state index in [-0.39, 0.29) is 24.1 Å². The van der Waals surface area contributed by atoms with Gasteiger partial charge in [0.05, 0.1) is 12.7 Å². The summed E-state index contributed by atoms with van der Waals surface area (Å²) < 4.78 is 10.6. The molecule has 0 saturated carbocycles. The summed E-state index contributed by atoms with van der Waals surface area (Å²) >= 11 is 0. The maximum Gasteiger partial charge on any atom is 0.409 e. The lowest BCUT2D eigenvalue weighted by molar-refractivity contribution is 0.0856. The molecule has 1 aromatic heterocycles. The number of likely N-dealkylation sites (tertiary alicyclic amines) is 1. The number of rotatable bonds is 6. The van der Waals surface area contributed by atoms with Gasteiger partial charge in [-0.05, 0) is 45.6 Å². The van der Waals surface area contributed by atoms with Crippen LogP contribution in [0.2, 0.25) is 0 Å². The highest BCUT2D eigenvalue weighted by atomic mass is 16.6. The number of hydrogen-bond acceptors (Lipinski definition) is 7. The number of anilines is 1. The Labute approximate surface area is 165 Å². The molecule has 9 nitrogen and oxygen atoms in total. The first-order valence-corrected chi connectivity index (χ1v) is 9.99. The first-order chi connectivity index (χ1) is 13.5. The van der Waals surface area contributed by atoms with Crippen molar-refractivity contribution in [3.8, 4) is 0 Å². The van der Waals surface area contributed by atoms with E-state index in [1.165, 1.54) is 0 Å². The fourth-order valence-electron chi connectivity index (χ4n) is 3.45. The summed E-state index contributed by atoms with van der Waals surface area (Å²) in [5.74, 6) is 0.220. The van der Waals surface area contributed by atoms with Crippen LogP contribution in [-0.2, 0) is 9.47 Å². The number of carbonyl (C=O) groups is 2. The van der Waals surface area contributed by atoms with Gasteiger partial charge in [0.25, 0.3) is 5.91 Å². The summed E-state index contributed by atoms with van der Waals surface area (Å²) in [6.45, 7) is 6.57. The first-order valence-electron chi connectivity index (χ1n) is 9.99. The number of carbonyl (C=O) groups excluding carboxylic acids is 2. The van der Waals surface area contributed by atoms with E-state index in [0.717, 1.165) is 25.1 Å². The summed E-state index contributed by atoms with van der Waals surface area (Å²) in [5.41, 5.74) is 1.07. The van der Waals surface area contributed by atoms with Crippen LogP contribution in [0, 0.1) is 6.92 Å². The van der Waals surface area contributed by atoms with Crippen LogP contribution in [0.15, 0.2) is 6.07 Å². The molecule has 1 unspecified atom stereocenters. The predicted octanol–water partition coefficient (Wildman–Crippen LogP) is 1.73. The molecule has 0 spiro atoms. The smallest absolute Gasteiger partial charge is 0.409 e. The normalized spacial score (nSPS) is 20.1. The van der Waals surface area contributed by atoms with Gasteiger partial charge in [-0.25, -0.2) is 14.8 Å². The zero-order valence-corrected chi connectivity index (χ0v) is 16.6. The Hall–Kier alpha value is -2.42. The van der Waals surface area contributed by atoms with Crippen LogP contribution in [0.3, 0.4) is 0 Å². The molecule has 9 heteroatoms. The highest BCUT2D eigenvalue weighted by molar-refractivity contribution is 5.92. The van der Waals surface area contributed by atoms with Gasteiger partial charge in [0.2, 0.25) is 5.95 Å². The second kappa shape index (κ2) is 9.68. The van der Waals surface area contributed by atoms with Crippen LogP contribution in [0.5, 0.6) is 0 Å². The number of nitrogens with zero attached hydrogens (tertiary/aromatic N) is 3. The molecule has 28 heavy (non-hydrogen) atoms. The minimum Gasteiger partial charge on any atom is -0.450 e. The quantitative estimate of drug-likeness (QED) is 0.761. The zero-order chi connectivity index (χ0) is 19.9. The molecule has 2 aliphatic heterocycles. The summed E-state index contributed by atoms with van der Waals surface area (Å²) in [4.78, 5) is 34.8. The van der Waals surface area contributed by atoms with Gasteiger partial charge in [0.1, 0.15) is 5.69 Å². The molecule has 3 heterocycles. The van der Waals surface area contributed by atoms with Crippen molar-refractivity contribution in [1.29, 1.82) is 0 Å². The molecule has 2 fully saturated rings. The number of hydrogen-bond donors (Lipinski definition) is 2. The molecule has 2 saturated heterocycles. The van der Waals surface area contributed by atoms with Gasteiger partial charge in [0.15, 0.2) is 0 Å². The van der Waals surface area contributed by atoms with Crippen LogP contribution >= 0.6 is 0 Å². The van der Waals surface area contributed by atoms with Crippen molar-refractivity contribution in [1.82, 2.24) is 20.2 Å². The average molecular weight is 391 g/mol. The highest BCUT2D eigenvalue weighted by Gasteiger charge is 2.25. The Morgan fingerprint density at radius 1 is 1.29 bits per heavy atom. The Kier molecular flexibility index (Phi) is 7.02. The maximum absolute atomic E-state index is 12.6. The third kappa shape index (κ3) is 5.54. The van der Waals surface area contributed by atoms with Gasteiger partial charge in [-0.3, -0.25) is 4.79 Å². The molecule has 2 aliphatic rings. The molecule has 1 aromatic rings. The second-order valence-corrected chi connectivity index (χ2v) is 7.17. The SMILES string of the molecule is CCOC(=O)N1CCC(NC(=O)c2cc(C)nc(NCC3CCCO3)n2)CC1. The van der Waals surface area contributed by atoms with E-state index in [2.05, 4.69) is 20.6 Å². The molecule has 154 valence electrons. The van der Waals surface area contributed by atoms with Crippen molar-refractivity contribution in [2.45, 2.75) is 51.7 Å². The van der Waals surface area contributed by atoms with E-state index in [9.17, 15) is 9.59 Å². The molecule has 0 radical (unpaired) electrons. The van der Waals surface area contributed by atoms with Crippen molar-refractivity contribution in [2.24, 2.45) is 0 Å². The van der Waals surface area contributed by atoms with Crippen molar-refractivity contribution >= 4 is 17.9 Å².